The predicted molar refractivity (Wildman–Crippen MR) is 113 cm³/mol. The lowest BCUT2D eigenvalue weighted by Crippen LogP contribution is -2.43. The van der Waals surface area contributed by atoms with E-state index in [1.807, 2.05) is 0 Å². The summed E-state index contributed by atoms with van der Waals surface area (Å²) in [6.07, 6.45) is 2.04. The van der Waals surface area contributed by atoms with Crippen molar-refractivity contribution >= 4 is 40.3 Å². The Kier molecular flexibility index (Phi) is 6.36. The third kappa shape index (κ3) is 4.60. The molecule has 2 heterocycles. The van der Waals surface area contributed by atoms with Gasteiger partial charge in [-0.25, -0.2) is 14.3 Å². The van der Waals surface area contributed by atoms with Gasteiger partial charge in [0.1, 0.15) is 6.54 Å². The first kappa shape index (κ1) is 21.3. The molecule has 0 aliphatic carbocycles. The van der Waals surface area contributed by atoms with Crippen molar-refractivity contribution in [2.24, 2.45) is 14.1 Å². The van der Waals surface area contributed by atoms with Gasteiger partial charge in [-0.3, -0.25) is 19.0 Å². The molecule has 0 bridgehead atoms. The fourth-order valence-electron chi connectivity index (χ4n) is 2.97. The van der Waals surface area contributed by atoms with E-state index in [0.29, 0.717) is 17.1 Å². The van der Waals surface area contributed by atoms with Crippen molar-refractivity contribution in [3.8, 4) is 0 Å². The van der Waals surface area contributed by atoms with Gasteiger partial charge < -0.3 is 15.2 Å². The first-order chi connectivity index (χ1) is 14.3. The van der Waals surface area contributed by atoms with E-state index in [1.54, 1.807) is 31.3 Å². The second-order valence-corrected chi connectivity index (χ2v) is 7.21. The van der Waals surface area contributed by atoms with Crippen LogP contribution in [0, 0.1) is 0 Å². The number of carbonyl (C=O) groups excluding carboxylic acids is 2. The number of rotatable bonds is 7. The topological polar surface area (TPSA) is 120 Å². The van der Waals surface area contributed by atoms with Crippen LogP contribution in [0.3, 0.4) is 0 Å². The van der Waals surface area contributed by atoms with Gasteiger partial charge in [0.25, 0.3) is 5.56 Å². The van der Waals surface area contributed by atoms with Gasteiger partial charge in [0.15, 0.2) is 11.2 Å². The monoisotopic (exact) mass is 432 g/mol. The molecule has 1 aromatic carbocycles. The molecule has 3 aromatic rings. The quantitative estimate of drug-likeness (QED) is 0.530. The third-order valence-electron chi connectivity index (χ3n) is 4.53. The van der Waals surface area contributed by atoms with Crippen molar-refractivity contribution in [1.82, 2.24) is 24.0 Å². The number of carbonyl (C=O) groups is 2. The van der Waals surface area contributed by atoms with Crippen LogP contribution in [0.15, 0.2) is 40.2 Å². The minimum Gasteiger partial charge on any atom is -0.355 e. The fourth-order valence-corrected chi connectivity index (χ4v) is 3.09. The van der Waals surface area contributed by atoms with E-state index in [9.17, 15) is 19.2 Å². The number of anilines is 1. The minimum atomic E-state index is -0.622. The Bertz CT molecular complexity index is 1210. The lowest BCUT2D eigenvalue weighted by Gasteiger charge is -2.09. The number of halogens is 1. The minimum absolute atomic E-state index is 0.196. The van der Waals surface area contributed by atoms with Crippen LogP contribution >= 0.6 is 11.6 Å². The summed E-state index contributed by atoms with van der Waals surface area (Å²) in [6.45, 7) is -0.181. The number of imidazole rings is 1. The number of amides is 2. The van der Waals surface area contributed by atoms with Crippen LogP contribution in [0.2, 0.25) is 5.02 Å². The normalized spacial score (nSPS) is 10.9. The summed E-state index contributed by atoms with van der Waals surface area (Å²) in [6, 6.07) is 6.73. The molecule has 0 aliphatic rings. The van der Waals surface area contributed by atoms with E-state index in [4.69, 9.17) is 11.6 Å². The van der Waals surface area contributed by atoms with Crippen LogP contribution in [0.5, 0.6) is 0 Å². The van der Waals surface area contributed by atoms with E-state index >= 15 is 0 Å². The highest BCUT2D eigenvalue weighted by molar-refractivity contribution is 6.30. The molecule has 0 saturated carbocycles. The first-order valence-corrected chi connectivity index (χ1v) is 9.58. The summed E-state index contributed by atoms with van der Waals surface area (Å²) < 4.78 is 3.60. The average Bonchev–Trinajstić information content (AvgIpc) is 3.10. The molecule has 0 spiro atoms. The molecule has 2 aromatic heterocycles. The number of benzene rings is 1. The summed E-state index contributed by atoms with van der Waals surface area (Å²) >= 11 is 5.80. The molecule has 11 heteroatoms. The van der Waals surface area contributed by atoms with E-state index in [-0.39, 0.29) is 30.0 Å². The van der Waals surface area contributed by atoms with Gasteiger partial charge >= 0.3 is 5.69 Å². The largest absolute Gasteiger partial charge is 0.355 e. The Hall–Kier alpha value is -3.40. The van der Waals surface area contributed by atoms with E-state index < -0.39 is 23.7 Å². The lowest BCUT2D eigenvalue weighted by atomic mass is 10.2. The van der Waals surface area contributed by atoms with Gasteiger partial charge in [-0.05, 0) is 30.7 Å². The summed E-state index contributed by atoms with van der Waals surface area (Å²) in [5.74, 6) is -0.688. The van der Waals surface area contributed by atoms with Crippen LogP contribution in [-0.2, 0) is 30.2 Å². The Morgan fingerprint density at radius 2 is 1.80 bits per heavy atom. The molecule has 0 fully saturated rings. The van der Waals surface area contributed by atoms with E-state index in [2.05, 4.69) is 15.6 Å². The van der Waals surface area contributed by atoms with Gasteiger partial charge in [0, 0.05) is 37.8 Å². The maximum atomic E-state index is 12.6. The van der Waals surface area contributed by atoms with Gasteiger partial charge in [0.05, 0.1) is 6.33 Å². The molecule has 10 nitrogen and oxygen atoms in total. The highest BCUT2D eigenvalue weighted by Gasteiger charge is 2.16. The smallest absolute Gasteiger partial charge is 0.332 e. The van der Waals surface area contributed by atoms with E-state index in [1.165, 1.54) is 22.5 Å². The molecule has 0 radical (unpaired) electrons. The fraction of sp³-hybridized carbons (Fsp3) is 0.316. The van der Waals surface area contributed by atoms with Crippen molar-refractivity contribution in [1.29, 1.82) is 0 Å². The number of fused-ring (bicyclic) bond motifs is 1. The van der Waals surface area contributed by atoms with Gasteiger partial charge in [-0.1, -0.05) is 11.6 Å². The summed E-state index contributed by atoms with van der Waals surface area (Å²) in [4.78, 5) is 53.2. The molecular weight excluding hydrogens is 412 g/mol. The van der Waals surface area contributed by atoms with E-state index in [0.717, 1.165) is 4.57 Å². The van der Waals surface area contributed by atoms with Crippen molar-refractivity contribution in [3.05, 3.63) is 56.5 Å². The number of aromatic nitrogens is 4. The van der Waals surface area contributed by atoms with Gasteiger partial charge in [0.2, 0.25) is 11.8 Å². The van der Waals surface area contributed by atoms with Crippen molar-refractivity contribution in [2.45, 2.75) is 19.4 Å². The maximum absolute atomic E-state index is 12.6. The molecule has 3 rings (SSSR count). The average molecular weight is 433 g/mol. The van der Waals surface area contributed by atoms with Gasteiger partial charge in [-0.15, -0.1) is 0 Å². The Labute approximate surface area is 176 Å². The van der Waals surface area contributed by atoms with Crippen LogP contribution in [-0.4, -0.2) is 37.0 Å². The maximum Gasteiger partial charge on any atom is 0.332 e. The molecule has 2 N–H and O–H groups in total. The highest BCUT2D eigenvalue weighted by Crippen LogP contribution is 2.13. The van der Waals surface area contributed by atoms with Crippen LogP contribution in [0.4, 0.5) is 5.69 Å². The number of nitrogens with one attached hydrogen (secondary N) is 2. The zero-order chi connectivity index (χ0) is 21.8. The lowest BCUT2D eigenvalue weighted by molar-refractivity contribution is -0.122. The number of nitrogens with zero attached hydrogens (tertiary/aromatic N) is 4. The number of aryl methyl sites for hydroxylation is 2. The molecule has 0 atom stereocenters. The molecule has 0 saturated heterocycles. The third-order valence-corrected chi connectivity index (χ3v) is 4.79. The van der Waals surface area contributed by atoms with Crippen LogP contribution in [0.25, 0.3) is 11.2 Å². The number of hydrogen-bond donors (Lipinski definition) is 2. The highest BCUT2D eigenvalue weighted by atomic mass is 35.5. The second-order valence-electron chi connectivity index (χ2n) is 6.77. The molecule has 2 amide bonds. The molecular formula is C19H21ClN6O4. The predicted octanol–water partition coefficient (Wildman–Crippen LogP) is 0.622. The molecule has 0 unspecified atom stereocenters. The standard InChI is InChI=1S/C19H21ClN6O4/c1-24-11-22-17-16(24)18(29)26(19(30)25(17)2)10-15(28)21-9-3-4-14(27)23-13-7-5-12(20)6-8-13/h5-8,11H,3-4,9-10H2,1-2H3,(H,21,28)(H,23,27). The number of hydrogen-bond acceptors (Lipinski definition) is 5. The second kappa shape index (κ2) is 8.95. The molecule has 30 heavy (non-hydrogen) atoms. The summed E-state index contributed by atoms with van der Waals surface area (Å²) in [5, 5.41) is 5.93. The summed E-state index contributed by atoms with van der Waals surface area (Å²) in [7, 11) is 3.13. The Morgan fingerprint density at radius 1 is 1.10 bits per heavy atom. The van der Waals surface area contributed by atoms with Crippen molar-refractivity contribution in [3.63, 3.8) is 0 Å². The van der Waals surface area contributed by atoms with Crippen LogP contribution < -0.4 is 21.9 Å². The first-order valence-electron chi connectivity index (χ1n) is 9.21. The zero-order valence-corrected chi connectivity index (χ0v) is 17.3. The Morgan fingerprint density at radius 3 is 2.50 bits per heavy atom. The van der Waals surface area contributed by atoms with Crippen LogP contribution in [0.1, 0.15) is 12.8 Å². The molecule has 158 valence electrons. The SMILES string of the molecule is Cn1cnc2c1c(=O)n(CC(=O)NCCCC(=O)Nc1ccc(Cl)cc1)c(=O)n2C. The zero-order valence-electron chi connectivity index (χ0n) is 16.5. The molecule has 0 aliphatic heterocycles. The van der Waals surface area contributed by atoms with Crippen molar-refractivity contribution in [2.75, 3.05) is 11.9 Å². The van der Waals surface area contributed by atoms with Gasteiger partial charge in [-0.2, -0.15) is 0 Å². The Balaban J connectivity index is 1.53. The summed E-state index contributed by atoms with van der Waals surface area (Å²) in [5.41, 5.74) is -0.0665. The van der Waals surface area contributed by atoms with Crippen molar-refractivity contribution < 1.29 is 9.59 Å².